The SMILES string of the molecule is CCCCCOCc1cc(CNCCC)no1. The second-order valence-electron chi connectivity index (χ2n) is 4.22. The van der Waals surface area contributed by atoms with Crippen molar-refractivity contribution in [2.24, 2.45) is 0 Å². The van der Waals surface area contributed by atoms with E-state index in [1.807, 2.05) is 6.07 Å². The number of nitrogens with one attached hydrogen (secondary N) is 1. The largest absolute Gasteiger partial charge is 0.373 e. The standard InChI is InChI=1S/C13H24N2O2/c1-3-5-6-8-16-11-13-9-12(15-17-13)10-14-7-4-2/h9,14H,3-8,10-11H2,1-2H3. The van der Waals surface area contributed by atoms with Crippen LogP contribution in [0.1, 0.15) is 51.0 Å². The van der Waals surface area contributed by atoms with Gasteiger partial charge in [0.1, 0.15) is 6.61 Å². The summed E-state index contributed by atoms with van der Waals surface area (Å²) >= 11 is 0. The first-order valence-corrected chi connectivity index (χ1v) is 6.59. The van der Waals surface area contributed by atoms with Gasteiger partial charge in [0, 0.05) is 19.2 Å². The van der Waals surface area contributed by atoms with Crippen LogP contribution in [0.4, 0.5) is 0 Å². The molecule has 0 unspecified atom stereocenters. The molecule has 0 bridgehead atoms. The minimum Gasteiger partial charge on any atom is -0.373 e. The Hall–Kier alpha value is -0.870. The number of unbranched alkanes of at least 4 members (excludes halogenated alkanes) is 2. The van der Waals surface area contributed by atoms with Gasteiger partial charge in [0.05, 0.1) is 5.69 Å². The van der Waals surface area contributed by atoms with Crippen molar-refractivity contribution in [3.8, 4) is 0 Å². The van der Waals surface area contributed by atoms with E-state index in [1.54, 1.807) is 0 Å². The second kappa shape index (κ2) is 9.19. The topological polar surface area (TPSA) is 47.3 Å². The summed E-state index contributed by atoms with van der Waals surface area (Å²) in [6, 6.07) is 1.96. The molecule has 0 saturated heterocycles. The van der Waals surface area contributed by atoms with Crippen LogP contribution in [0, 0.1) is 0 Å². The van der Waals surface area contributed by atoms with Crippen LogP contribution in [0.25, 0.3) is 0 Å². The fraction of sp³-hybridized carbons (Fsp3) is 0.769. The molecule has 0 aromatic carbocycles. The summed E-state index contributed by atoms with van der Waals surface area (Å²) in [5.74, 6) is 0.815. The maximum absolute atomic E-state index is 5.51. The average Bonchev–Trinajstić information content (AvgIpc) is 2.77. The highest BCUT2D eigenvalue weighted by Gasteiger charge is 2.03. The minimum absolute atomic E-state index is 0.532. The maximum atomic E-state index is 5.51. The number of hydrogen-bond acceptors (Lipinski definition) is 4. The molecule has 0 saturated carbocycles. The van der Waals surface area contributed by atoms with Gasteiger partial charge >= 0.3 is 0 Å². The van der Waals surface area contributed by atoms with Gasteiger partial charge in [-0.05, 0) is 19.4 Å². The highest BCUT2D eigenvalue weighted by molar-refractivity contribution is 5.04. The van der Waals surface area contributed by atoms with Crippen molar-refractivity contribution >= 4 is 0 Å². The number of ether oxygens (including phenoxy) is 1. The fourth-order valence-corrected chi connectivity index (χ4v) is 1.53. The number of nitrogens with zero attached hydrogens (tertiary/aromatic N) is 1. The van der Waals surface area contributed by atoms with Crippen LogP contribution < -0.4 is 5.32 Å². The van der Waals surface area contributed by atoms with Crippen molar-refractivity contribution in [3.63, 3.8) is 0 Å². The van der Waals surface area contributed by atoms with E-state index in [9.17, 15) is 0 Å². The predicted molar refractivity (Wildman–Crippen MR) is 67.7 cm³/mol. The molecule has 4 nitrogen and oxygen atoms in total. The molecule has 1 heterocycles. The van der Waals surface area contributed by atoms with E-state index in [0.29, 0.717) is 6.61 Å². The van der Waals surface area contributed by atoms with E-state index in [0.717, 1.165) is 44.0 Å². The Labute approximate surface area is 104 Å². The van der Waals surface area contributed by atoms with Crippen molar-refractivity contribution in [3.05, 3.63) is 17.5 Å². The van der Waals surface area contributed by atoms with Crippen molar-refractivity contribution in [1.29, 1.82) is 0 Å². The number of rotatable bonds is 10. The lowest BCUT2D eigenvalue weighted by molar-refractivity contribution is 0.0978. The zero-order chi connectivity index (χ0) is 12.3. The van der Waals surface area contributed by atoms with Gasteiger partial charge in [-0.1, -0.05) is 31.8 Å². The second-order valence-corrected chi connectivity index (χ2v) is 4.22. The molecule has 1 rings (SSSR count). The molecular weight excluding hydrogens is 216 g/mol. The quantitative estimate of drug-likeness (QED) is 0.639. The van der Waals surface area contributed by atoms with E-state index >= 15 is 0 Å². The first-order valence-electron chi connectivity index (χ1n) is 6.59. The molecule has 0 atom stereocenters. The molecule has 17 heavy (non-hydrogen) atoms. The summed E-state index contributed by atoms with van der Waals surface area (Å²) in [4.78, 5) is 0. The zero-order valence-electron chi connectivity index (χ0n) is 11.0. The molecule has 1 aromatic rings. The third kappa shape index (κ3) is 6.44. The Kier molecular flexibility index (Phi) is 7.67. The minimum atomic E-state index is 0.532. The summed E-state index contributed by atoms with van der Waals surface area (Å²) in [6.45, 7) is 7.45. The third-order valence-corrected chi connectivity index (χ3v) is 2.48. The molecule has 0 aliphatic rings. The van der Waals surface area contributed by atoms with Crippen molar-refractivity contribution < 1.29 is 9.26 Å². The van der Waals surface area contributed by atoms with Crippen molar-refractivity contribution in [2.75, 3.05) is 13.2 Å². The predicted octanol–water partition coefficient (Wildman–Crippen LogP) is 2.88. The van der Waals surface area contributed by atoms with Crippen LogP contribution >= 0.6 is 0 Å². The van der Waals surface area contributed by atoms with Gasteiger partial charge in [0.2, 0.25) is 0 Å². The Morgan fingerprint density at radius 2 is 2.18 bits per heavy atom. The Morgan fingerprint density at radius 3 is 2.94 bits per heavy atom. The van der Waals surface area contributed by atoms with Crippen LogP contribution in [-0.4, -0.2) is 18.3 Å². The molecule has 0 fully saturated rings. The molecule has 98 valence electrons. The first-order chi connectivity index (χ1) is 8.36. The molecule has 0 radical (unpaired) electrons. The number of aromatic nitrogens is 1. The maximum Gasteiger partial charge on any atom is 0.162 e. The summed E-state index contributed by atoms with van der Waals surface area (Å²) in [6.07, 6.45) is 4.70. The fourth-order valence-electron chi connectivity index (χ4n) is 1.53. The van der Waals surface area contributed by atoms with E-state index in [4.69, 9.17) is 9.26 Å². The molecule has 4 heteroatoms. The van der Waals surface area contributed by atoms with E-state index < -0.39 is 0 Å². The normalized spacial score (nSPS) is 10.9. The Balaban J connectivity index is 2.12. The summed E-state index contributed by atoms with van der Waals surface area (Å²) in [5, 5.41) is 7.27. The lowest BCUT2D eigenvalue weighted by Crippen LogP contribution is -2.13. The Morgan fingerprint density at radius 1 is 1.29 bits per heavy atom. The summed E-state index contributed by atoms with van der Waals surface area (Å²) in [5.41, 5.74) is 0.950. The van der Waals surface area contributed by atoms with Crippen LogP contribution in [0.2, 0.25) is 0 Å². The van der Waals surface area contributed by atoms with Crippen LogP contribution in [0.3, 0.4) is 0 Å². The van der Waals surface area contributed by atoms with Gasteiger partial charge in [-0.3, -0.25) is 0 Å². The summed E-state index contributed by atoms with van der Waals surface area (Å²) in [7, 11) is 0. The van der Waals surface area contributed by atoms with E-state index in [1.165, 1.54) is 12.8 Å². The molecule has 0 spiro atoms. The molecule has 0 amide bonds. The van der Waals surface area contributed by atoms with Crippen molar-refractivity contribution in [2.45, 2.75) is 52.7 Å². The van der Waals surface area contributed by atoms with E-state index in [2.05, 4.69) is 24.3 Å². The monoisotopic (exact) mass is 240 g/mol. The van der Waals surface area contributed by atoms with E-state index in [-0.39, 0.29) is 0 Å². The Bertz CT molecular complexity index is 287. The van der Waals surface area contributed by atoms with Gasteiger partial charge in [-0.25, -0.2) is 0 Å². The smallest absolute Gasteiger partial charge is 0.162 e. The molecule has 0 aliphatic carbocycles. The number of hydrogen-bond donors (Lipinski definition) is 1. The highest BCUT2D eigenvalue weighted by atomic mass is 16.5. The van der Waals surface area contributed by atoms with Gasteiger partial charge in [0.25, 0.3) is 0 Å². The van der Waals surface area contributed by atoms with Gasteiger partial charge in [0.15, 0.2) is 5.76 Å². The van der Waals surface area contributed by atoms with Crippen molar-refractivity contribution in [1.82, 2.24) is 10.5 Å². The van der Waals surface area contributed by atoms with Gasteiger partial charge < -0.3 is 14.6 Å². The van der Waals surface area contributed by atoms with Gasteiger partial charge in [-0.2, -0.15) is 0 Å². The third-order valence-electron chi connectivity index (χ3n) is 2.48. The molecular formula is C13H24N2O2. The zero-order valence-corrected chi connectivity index (χ0v) is 11.0. The highest BCUT2D eigenvalue weighted by Crippen LogP contribution is 2.06. The lowest BCUT2D eigenvalue weighted by atomic mass is 10.3. The molecule has 1 N–H and O–H groups in total. The summed E-state index contributed by atoms with van der Waals surface area (Å²) < 4.78 is 10.7. The lowest BCUT2D eigenvalue weighted by Gasteiger charge is -1.99. The van der Waals surface area contributed by atoms with Crippen LogP contribution in [0.5, 0.6) is 0 Å². The molecule has 1 aromatic heterocycles. The first kappa shape index (κ1) is 14.2. The van der Waals surface area contributed by atoms with Gasteiger partial charge in [-0.15, -0.1) is 0 Å². The van der Waals surface area contributed by atoms with Crippen LogP contribution in [-0.2, 0) is 17.9 Å². The van der Waals surface area contributed by atoms with Crippen LogP contribution in [0.15, 0.2) is 10.6 Å². The average molecular weight is 240 g/mol. The molecule has 0 aliphatic heterocycles.